The fourth-order valence-electron chi connectivity index (χ4n) is 2.42. The summed E-state index contributed by atoms with van der Waals surface area (Å²) in [5.41, 5.74) is 0.785. The van der Waals surface area contributed by atoms with E-state index in [0.717, 1.165) is 5.56 Å². The fraction of sp³-hybridized carbons (Fsp3) is 0.222. The number of thioether (sulfide) groups is 1. The molecule has 29 heavy (non-hydrogen) atoms. The number of nitrogens with one attached hydrogen (secondary N) is 2. The van der Waals surface area contributed by atoms with Crippen LogP contribution in [-0.4, -0.2) is 38.3 Å². The molecule has 3 aromatic rings. The van der Waals surface area contributed by atoms with E-state index in [4.69, 9.17) is 27.7 Å². The quantitative estimate of drug-likeness (QED) is 0.536. The second kappa shape index (κ2) is 9.82. The molecule has 2 aromatic heterocycles. The molecule has 0 spiro atoms. The van der Waals surface area contributed by atoms with Crippen molar-refractivity contribution in [3.8, 4) is 0 Å². The highest BCUT2D eigenvalue weighted by atomic mass is 35.5. The van der Waals surface area contributed by atoms with Crippen LogP contribution in [0.3, 0.4) is 0 Å². The molecule has 8 nitrogen and oxygen atoms in total. The van der Waals surface area contributed by atoms with Crippen LogP contribution in [0.25, 0.3) is 0 Å². The zero-order chi connectivity index (χ0) is 20.8. The van der Waals surface area contributed by atoms with Crippen LogP contribution in [0, 0.1) is 6.92 Å². The Labute approximate surface area is 180 Å². The molecule has 0 bridgehead atoms. The summed E-state index contributed by atoms with van der Waals surface area (Å²) in [6.07, 6.45) is 1.58. The largest absolute Gasteiger partial charge is 0.360 e. The normalized spacial score (nSPS) is 10.7. The van der Waals surface area contributed by atoms with Gasteiger partial charge in [-0.25, -0.2) is 4.68 Å². The summed E-state index contributed by atoms with van der Waals surface area (Å²) in [7, 11) is 0. The number of hydrogen-bond donors (Lipinski definition) is 2. The lowest BCUT2D eigenvalue weighted by Crippen LogP contribution is -2.20. The Bertz CT molecular complexity index is 1020. The molecule has 1 aromatic carbocycles. The predicted molar refractivity (Wildman–Crippen MR) is 114 cm³/mol. The number of carbonyl (C=O) groups is 2. The van der Waals surface area contributed by atoms with E-state index >= 15 is 0 Å². The first kappa shape index (κ1) is 21.2. The van der Waals surface area contributed by atoms with Gasteiger partial charge in [0, 0.05) is 12.1 Å². The van der Waals surface area contributed by atoms with Crippen LogP contribution in [0.4, 0.5) is 11.6 Å². The van der Waals surface area contributed by atoms with Crippen molar-refractivity contribution in [1.29, 1.82) is 0 Å². The van der Waals surface area contributed by atoms with Crippen molar-refractivity contribution in [2.24, 2.45) is 0 Å². The van der Waals surface area contributed by atoms with Crippen LogP contribution in [0.1, 0.15) is 11.3 Å². The average molecular weight is 454 g/mol. The number of amides is 2. The number of halogens is 2. The summed E-state index contributed by atoms with van der Waals surface area (Å²) in [5.74, 6) is 1.17. The summed E-state index contributed by atoms with van der Waals surface area (Å²) < 4.78 is 6.49. The molecule has 2 N–H and O–H groups in total. The number of hydrogen-bond acceptors (Lipinski definition) is 6. The first-order chi connectivity index (χ1) is 13.9. The first-order valence-corrected chi connectivity index (χ1v) is 10.4. The Morgan fingerprint density at radius 3 is 2.66 bits per heavy atom. The molecule has 0 aliphatic carbocycles. The van der Waals surface area contributed by atoms with Crippen molar-refractivity contribution in [2.45, 2.75) is 13.5 Å². The van der Waals surface area contributed by atoms with Crippen LogP contribution in [0.15, 0.2) is 41.1 Å². The number of rotatable bonds is 8. The van der Waals surface area contributed by atoms with Crippen molar-refractivity contribution in [3.63, 3.8) is 0 Å². The van der Waals surface area contributed by atoms with Gasteiger partial charge in [-0.05, 0) is 18.6 Å². The Morgan fingerprint density at radius 1 is 1.17 bits per heavy atom. The monoisotopic (exact) mass is 453 g/mol. The maximum Gasteiger partial charge on any atom is 0.235 e. The second-order valence-electron chi connectivity index (χ2n) is 6.00. The van der Waals surface area contributed by atoms with Gasteiger partial charge in [-0.2, -0.15) is 5.10 Å². The molecule has 0 fully saturated rings. The van der Waals surface area contributed by atoms with Crippen LogP contribution in [0.5, 0.6) is 0 Å². The maximum absolute atomic E-state index is 12.2. The molecule has 0 saturated heterocycles. The van der Waals surface area contributed by atoms with E-state index in [9.17, 15) is 9.59 Å². The highest BCUT2D eigenvalue weighted by Crippen LogP contribution is 2.26. The van der Waals surface area contributed by atoms with Crippen molar-refractivity contribution in [2.75, 3.05) is 22.1 Å². The average Bonchev–Trinajstić information content (AvgIpc) is 3.27. The molecule has 2 heterocycles. The number of aromatic nitrogens is 3. The standard InChI is InChI=1S/C18H17Cl2N5O3S/c1-11-7-14(24-28-11)22-16(26)9-29-10-17(27)23-15-5-6-21-25(15)8-12-3-2-4-13(19)18(12)20/h2-7H,8-10H2,1H3,(H,23,27)(H,22,24,26). The molecule has 3 rings (SSSR count). The van der Waals surface area contributed by atoms with Gasteiger partial charge in [0.1, 0.15) is 11.6 Å². The van der Waals surface area contributed by atoms with Crippen LogP contribution in [-0.2, 0) is 16.1 Å². The summed E-state index contributed by atoms with van der Waals surface area (Å²) in [4.78, 5) is 24.1. The van der Waals surface area contributed by atoms with Gasteiger partial charge in [0.05, 0.1) is 34.3 Å². The van der Waals surface area contributed by atoms with Gasteiger partial charge < -0.3 is 15.2 Å². The lowest BCUT2D eigenvalue weighted by atomic mass is 10.2. The third-order valence-corrected chi connectivity index (χ3v) is 5.49. The summed E-state index contributed by atoms with van der Waals surface area (Å²) in [5, 5.41) is 14.2. The van der Waals surface area contributed by atoms with E-state index < -0.39 is 0 Å². The molecule has 152 valence electrons. The summed E-state index contributed by atoms with van der Waals surface area (Å²) in [6.45, 7) is 2.08. The van der Waals surface area contributed by atoms with Gasteiger partial charge in [0.2, 0.25) is 11.8 Å². The molecule has 0 unspecified atom stereocenters. The van der Waals surface area contributed by atoms with Crippen LogP contribution < -0.4 is 10.6 Å². The van der Waals surface area contributed by atoms with Crippen LogP contribution >= 0.6 is 35.0 Å². The minimum Gasteiger partial charge on any atom is -0.360 e. The Kier molecular flexibility index (Phi) is 7.18. The molecular formula is C18H17Cl2N5O3S. The van der Waals surface area contributed by atoms with Crippen molar-refractivity contribution < 1.29 is 14.1 Å². The van der Waals surface area contributed by atoms with Crippen molar-refractivity contribution in [3.05, 3.63) is 57.9 Å². The first-order valence-electron chi connectivity index (χ1n) is 8.48. The molecule has 0 aliphatic rings. The predicted octanol–water partition coefficient (Wildman–Crippen LogP) is 3.85. The SMILES string of the molecule is Cc1cc(NC(=O)CSCC(=O)Nc2ccnn2Cc2cccc(Cl)c2Cl)no1. The number of aryl methyl sites for hydroxylation is 1. The van der Waals surface area contributed by atoms with E-state index in [1.807, 2.05) is 6.07 Å². The fourth-order valence-corrected chi connectivity index (χ4v) is 3.41. The van der Waals surface area contributed by atoms with Crippen molar-refractivity contribution >= 4 is 58.4 Å². The summed E-state index contributed by atoms with van der Waals surface area (Å²) >= 11 is 13.4. The molecule has 0 saturated carbocycles. The van der Waals surface area contributed by atoms with Gasteiger partial charge >= 0.3 is 0 Å². The maximum atomic E-state index is 12.2. The Hall–Kier alpha value is -2.49. The smallest absolute Gasteiger partial charge is 0.235 e. The number of anilines is 2. The lowest BCUT2D eigenvalue weighted by Gasteiger charge is -2.10. The third-order valence-electron chi connectivity index (χ3n) is 3.70. The van der Waals surface area contributed by atoms with Crippen molar-refractivity contribution in [1.82, 2.24) is 14.9 Å². The van der Waals surface area contributed by atoms with E-state index in [2.05, 4.69) is 20.9 Å². The van der Waals surface area contributed by atoms with E-state index in [1.165, 1.54) is 11.8 Å². The molecule has 0 radical (unpaired) electrons. The highest BCUT2D eigenvalue weighted by molar-refractivity contribution is 8.00. The molecule has 0 atom stereocenters. The highest BCUT2D eigenvalue weighted by Gasteiger charge is 2.12. The minimum absolute atomic E-state index is 0.106. The molecule has 11 heteroatoms. The summed E-state index contributed by atoms with van der Waals surface area (Å²) in [6, 6.07) is 8.64. The van der Waals surface area contributed by atoms with E-state index in [0.29, 0.717) is 34.0 Å². The third kappa shape index (κ3) is 5.99. The molecule has 0 aliphatic heterocycles. The zero-order valence-corrected chi connectivity index (χ0v) is 17.6. The van der Waals surface area contributed by atoms with E-state index in [1.54, 1.807) is 42.1 Å². The van der Waals surface area contributed by atoms with Gasteiger partial charge in [-0.3, -0.25) is 9.59 Å². The van der Waals surface area contributed by atoms with Gasteiger partial charge in [-0.1, -0.05) is 40.5 Å². The minimum atomic E-state index is -0.267. The zero-order valence-electron chi connectivity index (χ0n) is 15.3. The lowest BCUT2D eigenvalue weighted by molar-refractivity contribution is -0.114. The second-order valence-corrected chi connectivity index (χ2v) is 7.77. The number of nitrogens with zero attached hydrogens (tertiary/aromatic N) is 3. The number of benzene rings is 1. The van der Waals surface area contributed by atoms with E-state index in [-0.39, 0.29) is 23.3 Å². The van der Waals surface area contributed by atoms with Crippen LogP contribution in [0.2, 0.25) is 10.0 Å². The van der Waals surface area contributed by atoms with Gasteiger partial charge in [0.15, 0.2) is 5.82 Å². The number of carbonyl (C=O) groups excluding carboxylic acids is 2. The molecular weight excluding hydrogens is 437 g/mol. The van der Waals surface area contributed by atoms with Gasteiger partial charge in [-0.15, -0.1) is 11.8 Å². The Morgan fingerprint density at radius 2 is 1.93 bits per heavy atom. The van der Waals surface area contributed by atoms with Gasteiger partial charge in [0.25, 0.3) is 0 Å². The topological polar surface area (TPSA) is 102 Å². The Balaban J connectivity index is 1.48. The molecule has 2 amide bonds.